The number of carbonyl (C=O) groups excluding carboxylic acids is 1. The number of nitrogens with two attached hydrogens (primary N) is 1. The molecule has 0 atom stereocenters. The molecule has 4 N–H and O–H groups in total. The van der Waals surface area contributed by atoms with Gasteiger partial charge in [0.1, 0.15) is 0 Å². The summed E-state index contributed by atoms with van der Waals surface area (Å²) in [6.07, 6.45) is 1.58. The fraction of sp³-hybridized carbons (Fsp3) is 0.533. The molecule has 0 aromatic heterocycles. The zero-order valence-corrected chi connectivity index (χ0v) is 14.2. The first-order valence-corrected chi connectivity index (χ1v) is 8.75. The Bertz CT molecular complexity index is 589. The third-order valence-corrected chi connectivity index (χ3v) is 5.32. The average Bonchev–Trinajstić information content (AvgIpc) is 2.39. The van der Waals surface area contributed by atoms with Crippen LogP contribution in [-0.4, -0.2) is 25.6 Å². The Balaban J connectivity index is 2.25. The Hall–Kier alpha value is -1.60. The van der Waals surface area contributed by atoms with Gasteiger partial charge in [0, 0.05) is 24.3 Å². The molecule has 124 valence electrons. The van der Waals surface area contributed by atoms with Crippen molar-refractivity contribution < 1.29 is 13.2 Å². The standard InChI is InChI=1S/C15H25N3O3S/c1-15(2,3)22(20,21)17-11-5-4-6-14(19)18-13-9-7-12(16)8-10-13/h7-10,17H,4-6,11,16H2,1-3H3,(H,18,19). The summed E-state index contributed by atoms with van der Waals surface area (Å²) in [6.45, 7) is 5.29. The van der Waals surface area contributed by atoms with Gasteiger partial charge in [-0.3, -0.25) is 4.79 Å². The summed E-state index contributed by atoms with van der Waals surface area (Å²) in [5.74, 6) is -0.0940. The van der Waals surface area contributed by atoms with Crippen LogP contribution in [0.5, 0.6) is 0 Å². The van der Waals surface area contributed by atoms with Gasteiger partial charge < -0.3 is 11.1 Å². The van der Waals surface area contributed by atoms with Crippen molar-refractivity contribution in [3.05, 3.63) is 24.3 Å². The molecule has 0 radical (unpaired) electrons. The molecule has 0 fully saturated rings. The number of nitrogens with one attached hydrogen (secondary N) is 2. The molecule has 1 rings (SSSR count). The molecule has 0 aliphatic heterocycles. The summed E-state index contributed by atoms with van der Waals surface area (Å²) >= 11 is 0. The normalized spacial score (nSPS) is 12.1. The first-order chi connectivity index (χ1) is 10.1. The molecule has 0 aliphatic rings. The van der Waals surface area contributed by atoms with E-state index < -0.39 is 14.8 Å². The van der Waals surface area contributed by atoms with E-state index in [2.05, 4.69) is 10.0 Å². The van der Waals surface area contributed by atoms with Gasteiger partial charge in [-0.05, 0) is 57.9 Å². The number of hydrogen-bond donors (Lipinski definition) is 3. The summed E-state index contributed by atoms with van der Waals surface area (Å²) in [6, 6.07) is 6.92. The molecule has 0 saturated carbocycles. The number of sulfonamides is 1. The molecule has 1 aromatic rings. The zero-order valence-electron chi connectivity index (χ0n) is 13.3. The van der Waals surface area contributed by atoms with E-state index in [0.717, 1.165) is 0 Å². The van der Waals surface area contributed by atoms with E-state index in [-0.39, 0.29) is 5.91 Å². The third kappa shape index (κ3) is 6.03. The molecule has 0 heterocycles. The van der Waals surface area contributed by atoms with Crippen molar-refractivity contribution in [2.24, 2.45) is 0 Å². The van der Waals surface area contributed by atoms with Crippen molar-refractivity contribution in [3.63, 3.8) is 0 Å². The molecule has 22 heavy (non-hydrogen) atoms. The lowest BCUT2D eigenvalue weighted by molar-refractivity contribution is -0.116. The fourth-order valence-electron chi connectivity index (χ4n) is 1.62. The van der Waals surface area contributed by atoms with Crippen molar-refractivity contribution >= 4 is 27.3 Å². The van der Waals surface area contributed by atoms with Gasteiger partial charge in [-0.2, -0.15) is 0 Å². The number of nitrogen functional groups attached to an aromatic ring is 1. The lowest BCUT2D eigenvalue weighted by Gasteiger charge is -2.19. The zero-order chi connectivity index (χ0) is 16.8. The summed E-state index contributed by atoms with van der Waals surface area (Å²) < 4.78 is 25.4. The Kier molecular flexibility index (Phi) is 6.37. The van der Waals surface area contributed by atoms with Crippen LogP contribution >= 0.6 is 0 Å². The van der Waals surface area contributed by atoms with Crippen LogP contribution in [0.4, 0.5) is 11.4 Å². The van der Waals surface area contributed by atoms with Gasteiger partial charge in [0.05, 0.1) is 4.75 Å². The maximum Gasteiger partial charge on any atom is 0.224 e. The van der Waals surface area contributed by atoms with Crippen LogP contribution in [0.15, 0.2) is 24.3 Å². The number of amides is 1. The predicted octanol–water partition coefficient (Wildman–Crippen LogP) is 2.10. The number of rotatable bonds is 7. The first kappa shape index (κ1) is 18.4. The highest BCUT2D eigenvalue weighted by atomic mass is 32.2. The van der Waals surface area contributed by atoms with Crippen molar-refractivity contribution in [3.8, 4) is 0 Å². The molecule has 0 spiro atoms. The molecule has 0 aliphatic carbocycles. The highest BCUT2D eigenvalue weighted by molar-refractivity contribution is 7.90. The summed E-state index contributed by atoms with van der Waals surface area (Å²) in [5.41, 5.74) is 6.91. The van der Waals surface area contributed by atoms with Crippen LogP contribution in [0.2, 0.25) is 0 Å². The van der Waals surface area contributed by atoms with E-state index in [4.69, 9.17) is 5.73 Å². The van der Waals surface area contributed by atoms with Crippen molar-refractivity contribution in [2.45, 2.75) is 44.8 Å². The maximum atomic E-state index is 11.8. The van der Waals surface area contributed by atoms with Gasteiger partial charge in [-0.25, -0.2) is 13.1 Å². The number of unbranched alkanes of at least 4 members (excludes halogenated alkanes) is 1. The molecular formula is C15H25N3O3S. The molecule has 7 heteroatoms. The SMILES string of the molecule is CC(C)(C)S(=O)(=O)NCCCCC(=O)Nc1ccc(N)cc1. The Labute approximate surface area is 132 Å². The summed E-state index contributed by atoms with van der Waals surface area (Å²) in [4.78, 5) is 11.7. The minimum atomic E-state index is -3.31. The van der Waals surface area contributed by atoms with E-state index >= 15 is 0 Å². The largest absolute Gasteiger partial charge is 0.399 e. The lowest BCUT2D eigenvalue weighted by atomic mass is 10.2. The quantitative estimate of drug-likeness (QED) is 0.527. The number of anilines is 2. The Morgan fingerprint density at radius 1 is 1.14 bits per heavy atom. The smallest absolute Gasteiger partial charge is 0.224 e. The minimum absolute atomic E-state index is 0.0940. The van der Waals surface area contributed by atoms with Gasteiger partial charge in [-0.15, -0.1) is 0 Å². The lowest BCUT2D eigenvalue weighted by Crippen LogP contribution is -2.39. The molecular weight excluding hydrogens is 302 g/mol. The molecule has 1 aromatic carbocycles. The maximum absolute atomic E-state index is 11.8. The Morgan fingerprint density at radius 3 is 2.27 bits per heavy atom. The number of carbonyl (C=O) groups is 1. The molecule has 0 unspecified atom stereocenters. The van der Waals surface area contributed by atoms with Crippen LogP contribution in [0, 0.1) is 0 Å². The van der Waals surface area contributed by atoms with Crippen LogP contribution in [0.1, 0.15) is 40.0 Å². The van der Waals surface area contributed by atoms with Crippen LogP contribution in [-0.2, 0) is 14.8 Å². The first-order valence-electron chi connectivity index (χ1n) is 7.26. The fourth-order valence-corrected chi connectivity index (χ4v) is 2.47. The predicted molar refractivity (Wildman–Crippen MR) is 90.0 cm³/mol. The van der Waals surface area contributed by atoms with Crippen LogP contribution in [0.25, 0.3) is 0 Å². The van der Waals surface area contributed by atoms with E-state index in [9.17, 15) is 13.2 Å². The molecule has 1 amide bonds. The molecule has 6 nitrogen and oxygen atoms in total. The van der Waals surface area contributed by atoms with Gasteiger partial charge in [0.2, 0.25) is 15.9 Å². The number of benzene rings is 1. The van der Waals surface area contributed by atoms with Crippen LogP contribution in [0.3, 0.4) is 0 Å². The topological polar surface area (TPSA) is 101 Å². The number of hydrogen-bond acceptors (Lipinski definition) is 4. The second-order valence-corrected chi connectivity index (χ2v) is 8.66. The van der Waals surface area contributed by atoms with Crippen molar-refractivity contribution in [1.29, 1.82) is 0 Å². The van der Waals surface area contributed by atoms with Crippen molar-refractivity contribution in [2.75, 3.05) is 17.6 Å². The van der Waals surface area contributed by atoms with E-state index in [1.54, 1.807) is 45.0 Å². The Morgan fingerprint density at radius 2 is 1.73 bits per heavy atom. The van der Waals surface area contributed by atoms with Gasteiger partial charge in [-0.1, -0.05) is 0 Å². The van der Waals surface area contributed by atoms with Gasteiger partial charge in [0.25, 0.3) is 0 Å². The molecule has 0 saturated heterocycles. The van der Waals surface area contributed by atoms with Crippen LogP contribution < -0.4 is 15.8 Å². The van der Waals surface area contributed by atoms with E-state index in [1.807, 2.05) is 0 Å². The second kappa shape index (κ2) is 7.60. The monoisotopic (exact) mass is 327 g/mol. The minimum Gasteiger partial charge on any atom is -0.399 e. The molecule has 0 bridgehead atoms. The van der Waals surface area contributed by atoms with Gasteiger partial charge >= 0.3 is 0 Å². The average molecular weight is 327 g/mol. The third-order valence-electron chi connectivity index (χ3n) is 3.12. The van der Waals surface area contributed by atoms with E-state index in [0.29, 0.717) is 37.2 Å². The summed E-state index contributed by atoms with van der Waals surface area (Å²) in [7, 11) is -3.31. The van der Waals surface area contributed by atoms with E-state index in [1.165, 1.54) is 0 Å². The second-order valence-electron chi connectivity index (χ2n) is 6.14. The summed E-state index contributed by atoms with van der Waals surface area (Å²) in [5, 5.41) is 2.77. The van der Waals surface area contributed by atoms with Gasteiger partial charge in [0.15, 0.2) is 0 Å². The highest BCUT2D eigenvalue weighted by Gasteiger charge is 2.27. The van der Waals surface area contributed by atoms with Crippen molar-refractivity contribution in [1.82, 2.24) is 4.72 Å². The highest BCUT2D eigenvalue weighted by Crippen LogP contribution is 2.13.